The van der Waals surface area contributed by atoms with Crippen molar-refractivity contribution >= 4 is 21.6 Å². The van der Waals surface area contributed by atoms with Gasteiger partial charge in [-0.15, -0.1) is 11.3 Å². The standard InChI is InChI=1S/C19H21N3OS/c1-13(10-14-6-5-9-20-11-14)22-12-21-18-17(19(22)23)15-7-3-2-4-8-16(15)24-18/h5-6,9,11-13H,2-4,7-8,10H2,1H3/t13-/m1/s1. The van der Waals surface area contributed by atoms with Crippen molar-refractivity contribution in [3.8, 4) is 0 Å². The molecule has 3 aromatic rings. The van der Waals surface area contributed by atoms with Crippen LogP contribution in [0.2, 0.25) is 0 Å². The van der Waals surface area contributed by atoms with E-state index in [4.69, 9.17) is 0 Å². The van der Waals surface area contributed by atoms with Crippen molar-refractivity contribution in [2.45, 2.75) is 51.5 Å². The van der Waals surface area contributed by atoms with E-state index >= 15 is 0 Å². The summed E-state index contributed by atoms with van der Waals surface area (Å²) >= 11 is 1.72. The van der Waals surface area contributed by atoms with E-state index in [-0.39, 0.29) is 11.6 Å². The van der Waals surface area contributed by atoms with Gasteiger partial charge in [0.2, 0.25) is 0 Å². The molecule has 4 nitrogen and oxygen atoms in total. The third-order valence-electron chi connectivity index (χ3n) is 4.88. The highest BCUT2D eigenvalue weighted by atomic mass is 32.1. The second kappa shape index (κ2) is 6.48. The summed E-state index contributed by atoms with van der Waals surface area (Å²) in [4.78, 5) is 24.2. The molecule has 1 atom stereocenters. The molecule has 0 bridgehead atoms. The molecule has 5 heteroatoms. The fourth-order valence-electron chi connectivity index (χ4n) is 3.61. The molecule has 124 valence electrons. The van der Waals surface area contributed by atoms with E-state index in [1.807, 2.05) is 12.3 Å². The van der Waals surface area contributed by atoms with Crippen molar-refractivity contribution in [3.05, 3.63) is 57.2 Å². The Bertz CT molecular complexity index is 914. The number of nitrogens with zero attached hydrogens (tertiary/aromatic N) is 3. The van der Waals surface area contributed by atoms with Gasteiger partial charge in [0.25, 0.3) is 5.56 Å². The Morgan fingerprint density at radius 1 is 1.29 bits per heavy atom. The molecule has 4 rings (SSSR count). The zero-order valence-corrected chi connectivity index (χ0v) is 14.7. The summed E-state index contributed by atoms with van der Waals surface area (Å²) in [5.74, 6) is 0. The number of rotatable bonds is 3. The van der Waals surface area contributed by atoms with Crippen LogP contribution in [0.3, 0.4) is 0 Å². The lowest BCUT2D eigenvalue weighted by molar-refractivity contribution is 0.522. The van der Waals surface area contributed by atoms with Crippen molar-refractivity contribution in [1.29, 1.82) is 0 Å². The Labute approximate surface area is 145 Å². The van der Waals surface area contributed by atoms with Gasteiger partial charge in [-0.05, 0) is 56.2 Å². The maximum atomic E-state index is 13.1. The number of fused-ring (bicyclic) bond motifs is 3. The minimum Gasteiger partial charge on any atom is -0.295 e. The first-order valence-electron chi connectivity index (χ1n) is 8.64. The largest absolute Gasteiger partial charge is 0.295 e. The molecule has 0 saturated heterocycles. The van der Waals surface area contributed by atoms with Crippen LogP contribution in [-0.4, -0.2) is 14.5 Å². The molecule has 0 aromatic carbocycles. The number of hydrogen-bond acceptors (Lipinski definition) is 4. The lowest BCUT2D eigenvalue weighted by atomic mass is 10.1. The van der Waals surface area contributed by atoms with Crippen LogP contribution in [0.1, 0.15) is 48.2 Å². The van der Waals surface area contributed by atoms with Crippen molar-refractivity contribution in [3.63, 3.8) is 0 Å². The number of aromatic nitrogens is 3. The van der Waals surface area contributed by atoms with Crippen molar-refractivity contribution in [2.24, 2.45) is 0 Å². The minimum absolute atomic E-state index is 0.0694. The van der Waals surface area contributed by atoms with Crippen LogP contribution >= 0.6 is 11.3 Å². The second-order valence-corrected chi connectivity index (χ2v) is 7.70. The van der Waals surface area contributed by atoms with E-state index < -0.39 is 0 Å². The molecule has 0 radical (unpaired) electrons. The first-order valence-corrected chi connectivity index (χ1v) is 9.46. The van der Waals surface area contributed by atoms with Crippen LogP contribution in [0.25, 0.3) is 10.2 Å². The maximum absolute atomic E-state index is 13.1. The lowest BCUT2D eigenvalue weighted by Crippen LogP contribution is -2.25. The summed E-state index contributed by atoms with van der Waals surface area (Å²) in [6.45, 7) is 2.08. The molecular formula is C19H21N3OS. The van der Waals surface area contributed by atoms with Gasteiger partial charge in [-0.3, -0.25) is 14.3 Å². The number of aryl methyl sites for hydroxylation is 2. The predicted molar refractivity (Wildman–Crippen MR) is 97.8 cm³/mol. The first kappa shape index (κ1) is 15.5. The average Bonchev–Trinajstić information content (AvgIpc) is 2.79. The summed E-state index contributed by atoms with van der Waals surface area (Å²) in [5.41, 5.74) is 2.53. The molecule has 0 N–H and O–H groups in total. The van der Waals surface area contributed by atoms with Gasteiger partial charge in [0, 0.05) is 23.3 Å². The molecule has 0 amide bonds. The zero-order chi connectivity index (χ0) is 16.5. The predicted octanol–water partition coefficient (Wildman–Crippen LogP) is 3.93. The summed E-state index contributed by atoms with van der Waals surface area (Å²) in [7, 11) is 0. The van der Waals surface area contributed by atoms with Crippen molar-refractivity contribution in [2.75, 3.05) is 0 Å². The monoisotopic (exact) mass is 339 g/mol. The Balaban J connectivity index is 1.75. The smallest absolute Gasteiger partial charge is 0.262 e. The Hall–Kier alpha value is -2.01. The molecule has 24 heavy (non-hydrogen) atoms. The summed E-state index contributed by atoms with van der Waals surface area (Å²) in [6, 6.07) is 4.06. The highest BCUT2D eigenvalue weighted by Gasteiger charge is 2.20. The molecule has 3 aromatic heterocycles. The van der Waals surface area contributed by atoms with E-state index in [1.54, 1.807) is 28.4 Å². The van der Waals surface area contributed by atoms with Gasteiger partial charge >= 0.3 is 0 Å². The summed E-state index contributed by atoms with van der Waals surface area (Å²) in [6.07, 6.45) is 11.9. The Morgan fingerprint density at radius 2 is 2.17 bits per heavy atom. The van der Waals surface area contributed by atoms with E-state index in [0.29, 0.717) is 0 Å². The maximum Gasteiger partial charge on any atom is 0.262 e. The van der Waals surface area contributed by atoms with E-state index in [2.05, 4.69) is 23.0 Å². The SMILES string of the molecule is C[C@H](Cc1cccnc1)n1cnc2sc3c(c2c1=O)CCCCC3. The third-order valence-corrected chi connectivity index (χ3v) is 6.08. The van der Waals surface area contributed by atoms with Crippen LogP contribution < -0.4 is 5.56 Å². The number of pyridine rings is 1. The second-order valence-electron chi connectivity index (χ2n) is 6.62. The zero-order valence-electron chi connectivity index (χ0n) is 13.9. The van der Waals surface area contributed by atoms with Gasteiger partial charge in [-0.1, -0.05) is 12.5 Å². The fraction of sp³-hybridized carbons (Fsp3) is 0.421. The molecule has 0 spiro atoms. The quantitative estimate of drug-likeness (QED) is 0.679. The molecule has 1 aliphatic carbocycles. The Kier molecular flexibility index (Phi) is 4.19. The molecule has 3 heterocycles. The molecule has 0 saturated carbocycles. The van der Waals surface area contributed by atoms with Crippen molar-refractivity contribution < 1.29 is 0 Å². The number of hydrogen-bond donors (Lipinski definition) is 0. The molecular weight excluding hydrogens is 318 g/mol. The molecule has 0 unspecified atom stereocenters. The molecule has 0 fully saturated rings. The fourth-order valence-corrected chi connectivity index (χ4v) is 4.83. The van der Waals surface area contributed by atoms with Gasteiger partial charge < -0.3 is 0 Å². The van der Waals surface area contributed by atoms with Gasteiger partial charge in [0.15, 0.2) is 0 Å². The topological polar surface area (TPSA) is 47.8 Å². The van der Waals surface area contributed by atoms with Crippen LogP contribution in [0, 0.1) is 0 Å². The van der Waals surface area contributed by atoms with Gasteiger partial charge in [-0.2, -0.15) is 0 Å². The third kappa shape index (κ3) is 2.77. The van der Waals surface area contributed by atoms with Crippen LogP contribution in [0.15, 0.2) is 35.6 Å². The van der Waals surface area contributed by atoms with Gasteiger partial charge in [0.05, 0.1) is 11.7 Å². The highest BCUT2D eigenvalue weighted by Crippen LogP contribution is 2.32. The lowest BCUT2D eigenvalue weighted by Gasteiger charge is -2.14. The normalized spacial score (nSPS) is 15.9. The van der Waals surface area contributed by atoms with Crippen molar-refractivity contribution in [1.82, 2.24) is 14.5 Å². The van der Waals surface area contributed by atoms with Crippen LogP contribution in [0.5, 0.6) is 0 Å². The average molecular weight is 339 g/mol. The van der Waals surface area contributed by atoms with Crippen LogP contribution in [-0.2, 0) is 19.3 Å². The highest BCUT2D eigenvalue weighted by molar-refractivity contribution is 7.18. The minimum atomic E-state index is 0.0694. The van der Waals surface area contributed by atoms with E-state index in [0.717, 1.165) is 35.0 Å². The first-order chi connectivity index (χ1) is 11.7. The Morgan fingerprint density at radius 3 is 3.00 bits per heavy atom. The summed E-state index contributed by atoms with van der Waals surface area (Å²) in [5, 5.41) is 0.873. The van der Waals surface area contributed by atoms with Gasteiger partial charge in [-0.25, -0.2) is 4.98 Å². The summed E-state index contributed by atoms with van der Waals surface area (Å²) < 4.78 is 1.80. The van der Waals surface area contributed by atoms with E-state index in [9.17, 15) is 4.79 Å². The molecule has 0 aliphatic heterocycles. The molecule has 1 aliphatic rings. The number of thiophene rings is 1. The van der Waals surface area contributed by atoms with Crippen LogP contribution in [0.4, 0.5) is 0 Å². The van der Waals surface area contributed by atoms with E-state index in [1.165, 1.54) is 29.7 Å². The van der Waals surface area contributed by atoms with Gasteiger partial charge in [0.1, 0.15) is 4.83 Å².